The number of nitrogens with zero attached hydrogens (tertiary/aromatic N) is 2. The molecule has 0 aliphatic rings. The third kappa shape index (κ3) is 2.35. The molecule has 1 aromatic heterocycles. The predicted molar refractivity (Wildman–Crippen MR) is 92.7 cm³/mol. The zero-order chi connectivity index (χ0) is 15.9. The first kappa shape index (κ1) is 14.6. The van der Waals surface area contributed by atoms with Crippen LogP contribution in [0, 0.1) is 34.6 Å². The topological polar surface area (TPSA) is 17.8 Å². The Kier molecular flexibility index (Phi) is 3.61. The second-order valence-electron chi connectivity index (χ2n) is 6.07. The lowest BCUT2D eigenvalue weighted by Gasteiger charge is -2.12. The van der Waals surface area contributed by atoms with Crippen LogP contribution in [0.3, 0.4) is 0 Å². The molecule has 0 bridgehead atoms. The molecule has 3 rings (SSSR count). The molecule has 0 saturated carbocycles. The molecule has 0 aliphatic carbocycles. The molecule has 2 nitrogen and oxygen atoms in total. The summed E-state index contributed by atoms with van der Waals surface area (Å²) in [5, 5.41) is 4.78. The largest absolute Gasteiger partial charge is 0.237 e. The molecule has 3 aromatic rings. The number of hydrogen-bond acceptors (Lipinski definition) is 1. The van der Waals surface area contributed by atoms with E-state index in [1.165, 1.54) is 33.5 Å². The summed E-state index contributed by atoms with van der Waals surface area (Å²) in [5.41, 5.74) is 9.91. The van der Waals surface area contributed by atoms with E-state index < -0.39 is 0 Å². The van der Waals surface area contributed by atoms with Gasteiger partial charge in [0.25, 0.3) is 0 Å². The van der Waals surface area contributed by atoms with Gasteiger partial charge in [-0.05, 0) is 63.4 Å². The Hall–Kier alpha value is -2.35. The van der Waals surface area contributed by atoms with Crippen LogP contribution in [0.2, 0.25) is 0 Å². The van der Waals surface area contributed by atoms with Crippen molar-refractivity contribution < 1.29 is 0 Å². The minimum atomic E-state index is 1.08. The van der Waals surface area contributed by atoms with Crippen LogP contribution in [0.5, 0.6) is 0 Å². The van der Waals surface area contributed by atoms with Gasteiger partial charge in [-0.3, -0.25) is 0 Å². The fraction of sp³-hybridized carbons (Fsp3) is 0.250. The molecular weight excluding hydrogens is 268 g/mol. The first-order valence-corrected chi connectivity index (χ1v) is 7.69. The van der Waals surface area contributed by atoms with Crippen LogP contribution >= 0.6 is 0 Å². The van der Waals surface area contributed by atoms with Crippen LogP contribution in [0.4, 0.5) is 0 Å². The number of aryl methyl sites for hydroxylation is 4. The Morgan fingerprint density at radius 1 is 0.773 bits per heavy atom. The monoisotopic (exact) mass is 290 g/mol. The highest BCUT2D eigenvalue weighted by Gasteiger charge is 2.17. The number of hydrogen-bond donors (Lipinski definition) is 0. The van der Waals surface area contributed by atoms with Gasteiger partial charge in [0.15, 0.2) is 0 Å². The summed E-state index contributed by atoms with van der Waals surface area (Å²) in [6.45, 7) is 10.8. The Morgan fingerprint density at radius 2 is 1.36 bits per heavy atom. The van der Waals surface area contributed by atoms with Gasteiger partial charge < -0.3 is 0 Å². The van der Waals surface area contributed by atoms with Gasteiger partial charge in [-0.25, -0.2) is 4.68 Å². The van der Waals surface area contributed by atoms with Gasteiger partial charge in [-0.1, -0.05) is 35.9 Å². The summed E-state index contributed by atoms with van der Waals surface area (Å²) >= 11 is 0. The van der Waals surface area contributed by atoms with E-state index in [1.54, 1.807) is 0 Å². The summed E-state index contributed by atoms with van der Waals surface area (Å²) < 4.78 is 2.05. The predicted octanol–water partition coefficient (Wildman–Crippen LogP) is 5.08. The highest BCUT2D eigenvalue weighted by molar-refractivity contribution is 5.75. The van der Waals surface area contributed by atoms with Gasteiger partial charge >= 0.3 is 0 Å². The van der Waals surface area contributed by atoms with E-state index in [0.29, 0.717) is 0 Å². The fourth-order valence-corrected chi connectivity index (χ4v) is 3.40. The van der Waals surface area contributed by atoms with Crippen LogP contribution < -0.4 is 0 Å². The second kappa shape index (κ2) is 5.45. The molecule has 0 aliphatic heterocycles. The number of aromatic nitrogens is 2. The number of rotatable bonds is 2. The van der Waals surface area contributed by atoms with Gasteiger partial charge in [0.1, 0.15) is 0 Å². The number of para-hydroxylation sites is 1. The van der Waals surface area contributed by atoms with E-state index in [-0.39, 0.29) is 0 Å². The smallest absolute Gasteiger partial charge is 0.0679 e. The van der Waals surface area contributed by atoms with Crippen molar-refractivity contribution >= 4 is 0 Å². The maximum absolute atomic E-state index is 4.78. The zero-order valence-corrected chi connectivity index (χ0v) is 13.9. The SMILES string of the molecule is Cc1cc(C)c(-c2c(C)nn(-c3ccccc3)c2C)c(C)c1. The van der Waals surface area contributed by atoms with E-state index in [1.807, 2.05) is 22.9 Å². The van der Waals surface area contributed by atoms with Crippen LogP contribution in [-0.2, 0) is 0 Å². The van der Waals surface area contributed by atoms with Crippen LogP contribution in [0.1, 0.15) is 28.1 Å². The maximum atomic E-state index is 4.78. The molecule has 1 heterocycles. The molecule has 0 amide bonds. The Balaban J connectivity index is 2.24. The quantitative estimate of drug-likeness (QED) is 0.643. The average molecular weight is 290 g/mol. The van der Waals surface area contributed by atoms with Crippen LogP contribution in [0.25, 0.3) is 16.8 Å². The zero-order valence-electron chi connectivity index (χ0n) is 13.9. The van der Waals surface area contributed by atoms with Gasteiger partial charge in [0.2, 0.25) is 0 Å². The lowest BCUT2D eigenvalue weighted by molar-refractivity contribution is 0.834. The minimum absolute atomic E-state index is 1.08. The first-order valence-electron chi connectivity index (χ1n) is 7.69. The van der Waals surface area contributed by atoms with Gasteiger partial charge in [-0.2, -0.15) is 5.10 Å². The minimum Gasteiger partial charge on any atom is -0.237 e. The summed E-state index contributed by atoms with van der Waals surface area (Å²) in [6, 6.07) is 14.8. The first-order chi connectivity index (χ1) is 10.5. The standard InChI is InChI=1S/C20H22N2/c1-13-11-14(2)19(15(3)12-13)20-16(4)21-22(17(20)5)18-9-7-6-8-10-18/h6-12H,1-5H3. The Bertz CT molecular complexity index is 803. The van der Waals surface area contributed by atoms with Crippen molar-refractivity contribution in [3.63, 3.8) is 0 Å². The van der Waals surface area contributed by atoms with Crippen molar-refractivity contribution in [2.45, 2.75) is 34.6 Å². The molecule has 2 aromatic carbocycles. The lowest BCUT2D eigenvalue weighted by atomic mass is 9.92. The molecule has 22 heavy (non-hydrogen) atoms. The van der Waals surface area contributed by atoms with E-state index in [2.05, 4.69) is 58.9 Å². The summed E-state index contributed by atoms with van der Waals surface area (Å²) in [6.07, 6.45) is 0. The van der Waals surface area contributed by atoms with Gasteiger partial charge in [0.05, 0.1) is 11.4 Å². The normalized spacial score (nSPS) is 11.0. The molecule has 0 saturated heterocycles. The highest BCUT2D eigenvalue weighted by Crippen LogP contribution is 2.34. The molecule has 0 N–H and O–H groups in total. The maximum Gasteiger partial charge on any atom is 0.0679 e. The Labute approximate surface area is 132 Å². The van der Waals surface area contributed by atoms with Crippen molar-refractivity contribution in [1.82, 2.24) is 9.78 Å². The summed E-state index contributed by atoms with van der Waals surface area (Å²) in [4.78, 5) is 0. The molecule has 112 valence electrons. The van der Waals surface area contributed by atoms with Crippen LogP contribution in [-0.4, -0.2) is 9.78 Å². The van der Waals surface area contributed by atoms with E-state index in [0.717, 1.165) is 11.4 Å². The van der Waals surface area contributed by atoms with Gasteiger partial charge in [-0.15, -0.1) is 0 Å². The average Bonchev–Trinajstić information content (AvgIpc) is 2.75. The fourth-order valence-electron chi connectivity index (χ4n) is 3.40. The third-order valence-corrected chi connectivity index (χ3v) is 4.22. The molecular formula is C20H22N2. The van der Waals surface area contributed by atoms with Crippen molar-refractivity contribution in [3.8, 4) is 16.8 Å². The number of benzene rings is 2. The lowest BCUT2D eigenvalue weighted by Crippen LogP contribution is -1.99. The van der Waals surface area contributed by atoms with E-state index in [9.17, 15) is 0 Å². The van der Waals surface area contributed by atoms with Gasteiger partial charge in [0, 0.05) is 11.3 Å². The molecule has 0 atom stereocenters. The van der Waals surface area contributed by atoms with E-state index >= 15 is 0 Å². The van der Waals surface area contributed by atoms with E-state index in [4.69, 9.17) is 5.10 Å². The highest BCUT2D eigenvalue weighted by atomic mass is 15.3. The molecule has 2 heteroatoms. The molecule has 0 unspecified atom stereocenters. The third-order valence-electron chi connectivity index (χ3n) is 4.22. The molecule has 0 fully saturated rings. The summed E-state index contributed by atoms with van der Waals surface area (Å²) in [7, 11) is 0. The van der Waals surface area contributed by atoms with Crippen molar-refractivity contribution in [3.05, 3.63) is 70.5 Å². The second-order valence-corrected chi connectivity index (χ2v) is 6.07. The molecule has 0 spiro atoms. The molecule has 0 radical (unpaired) electrons. The van der Waals surface area contributed by atoms with Crippen molar-refractivity contribution in [1.29, 1.82) is 0 Å². The summed E-state index contributed by atoms with van der Waals surface area (Å²) in [5.74, 6) is 0. The Morgan fingerprint density at radius 3 is 1.95 bits per heavy atom. The van der Waals surface area contributed by atoms with Crippen LogP contribution in [0.15, 0.2) is 42.5 Å². The van der Waals surface area contributed by atoms with Crippen molar-refractivity contribution in [2.75, 3.05) is 0 Å². The van der Waals surface area contributed by atoms with Crippen molar-refractivity contribution in [2.24, 2.45) is 0 Å².